The first kappa shape index (κ1) is 24.6. The summed E-state index contributed by atoms with van der Waals surface area (Å²) in [5.74, 6) is 0.271. The van der Waals surface area contributed by atoms with Crippen molar-refractivity contribution in [3.05, 3.63) is 107 Å². The van der Waals surface area contributed by atoms with Crippen molar-refractivity contribution in [1.82, 2.24) is 5.32 Å². The summed E-state index contributed by atoms with van der Waals surface area (Å²) in [7, 11) is 1.54. The van der Waals surface area contributed by atoms with Crippen LogP contribution in [0, 0.1) is 0 Å². The van der Waals surface area contributed by atoms with Crippen LogP contribution < -0.4 is 15.0 Å². The van der Waals surface area contributed by atoms with Crippen molar-refractivity contribution < 1.29 is 22.7 Å². The minimum absolute atomic E-state index is 0.332. The highest BCUT2D eigenvalue weighted by Crippen LogP contribution is 2.45. The zero-order valence-electron chi connectivity index (χ0n) is 20.6. The number of carbonyl (C=O) groups is 1. The fourth-order valence-electron chi connectivity index (χ4n) is 4.78. The van der Waals surface area contributed by atoms with Gasteiger partial charge in [-0.1, -0.05) is 42.5 Å². The summed E-state index contributed by atoms with van der Waals surface area (Å²) in [4.78, 5) is 20.5. The minimum atomic E-state index is -4.53. The van der Waals surface area contributed by atoms with Crippen molar-refractivity contribution >= 4 is 17.3 Å². The summed E-state index contributed by atoms with van der Waals surface area (Å²) in [6.07, 6.45) is -4.53. The fourth-order valence-corrected chi connectivity index (χ4v) is 4.78. The molecule has 0 fully saturated rings. The van der Waals surface area contributed by atoms with Crippen molar-refractivity contribution in [2.75, 3.05) is 18.6 Å². The molecule has 1 N–H and O–H groups in total. The first-order valence-corrected chi connectivity index (χ1v) is 11.9. The summed E-state index contributed by atoms with van der Waals surface area (Å²) in [6.45, 7) is 4.27. The van der Waals surface area contributed by atoms with Crippen molar-refractivity contribution in [2.45, 2.75) is 31.6 Å². The SMILES string of the molecule is COc1ccc(N2C(=O)C3=C(C(c4ccccc4)=NCC(C)(C)N3)C2c2cccc(C(F)(F)F)c2)cc1. The largest absolute Gasteiger partial charge is 0.497 e. The highest BCUT2D eigenvalue weighted by molar-refractivity contribution is 6.23. The summed E-state index contributed by atoms with van der Waals surface area (Å²) >= 11 is 0. The van der Waals surface area contributed by atoms with Crippen molar-refractivity contribution in [3.63, 3.8) is 0 Å². The average molecular weight is 506 g/mol. The molecule has 190 valence electrons. The predicted octanol–water partition coefficient (Wildman–Crippen LogP) is 5.93. The number of benzene rings is 3. The second-order valence-electron chi connectivity index (χ2n) is 9.73. The van der Waals surface area contributed by atoms with E-state index in [0.29, 0.717) is 40.5 Å². The number of hydrogen-bond acceptors (Lipinski definition) is 4. The maximum absolute atomic E-state index is 14.1. The monoisotopic (exact) mass is 505 g/mol. The summed E-state index contributed by atoms with van der Waals surface area (Å²) in [5, 5.41) is 3.36. The van der Waals surface area contributed by atoms with Crippen LogP contribution in [0.25, 0.3) is 0 Å². The second-order valence-corrected chi connectivity index (χ2v) is 9.73. The Hall–Kier alpha value is -4.07. The first-order chi connectivity index (χ1) is 17.6. The number of alkyl halides is 3. The van der Waals surface area contributed by atoms with Crippen LogP contribution in [0.4, 0.5) is 18.9 Å². The molecule has 1 unspecified atom stereocenters. The van der Waals surface area contributed by atoms with Crippen LogP contribution in [0.3, 0.4) is 0 Å². The second kappa shape index (κ2) is 9.10. The van der Waals surface area contributed by atoms with Crippen LogP contribution in [0.1, 0.15) is 36.6 Å². The standard InChI is InChI=1S/C29H26F3N3O2/c1-28(2)17-33-24(18-8-5-4-6-9-18)23-25(34-28)27(36)35(21-12-14-22(37-3)15-13-21)26(23)19-10-7-11-20(16-19)29(30,31)32/h4-16,26,34H,17H2,1-3H3. The van der Waals surface area contributed by atoms with Gasteiger partial charge in [0.2, 0.25) is 0 Å². The smallest absolute Gasteiger partial charge is 0.416 e. The Labute approximate surface area is 213 Å². The Morgan fingerprint density at radius 1 is 1.00 bits per heavy atom. The van der Waals surface area contributed by atoms with Gasteiger partial charge in [0, 0.05) is 16.8 Å². The number of carbonyl (C=O) groups excluding carboxylic acids is 1. The van der Waals surface area contributed by atoms with E-state index in [0.717, 1.165) is 17.7 Å². The molecule has 0 aliphatic carbocycles. The van der Waals surface area contributed by atoms with Gasteiger partial charge in [-0.05, 0) is 55.8 Å². The quantitative estimate of drug-likeness (QED) is 0.479. The van der Waals surface area contributed by atoms with E-state index in [9.17, 15) is 18.0 Å². The number of nitrogens with zero attached hydrogens (tertiary/aromatic N) is 2. The third kappa shape index (κ3) is 4.59. The van der Waals surface area contributed by atoms with E-state index in [4.69, 9.17) is 9.73 Å². The third-order valence-electron chi connectivity index (χ3n) is 6.51. The summed E-state index contributed by atoms with van der Waals surface area (Å²) in [5.41, 5.74) is 1.81. The number of amides is 1. The predicted molar refractivity (Wildman–Crippen MR) is 137 cm³/mol. The van der Waals surface area contributed by atoms with Crippen LogP contribution in [0.15, 0.2) is 95.1 Å². The number of anilines is 1. The Kier molecular flexibility index (Phi) is 6.06. The molecule has 0 saturated heterocycles. The molecule has 2 aliphatic rings. The lowest BCUT2D eigenvalue weighted by atomic mass is 9.90. The lowest BCUT2D eigenvalue weighted by Crippen LogP contribution is -2.44. The van der Waals surface area contributed by atoms with Gasteiger partial charge in [-0.3, -0.25) is 14.7 Å². The van der Waals surface area contributed by atoms with Gasteiger partial charge in [0.1, 0.15) is 11.4 Å². The number of rotatable bonds is 4. The molecule has 0 bridgehead atoms. The van der Waals surface area contributed by atoms with E-state index in [2.05, 4.69) is 5.32 Å². The van der Waals surface area contributed by atoms with E-state index >= 15 is 0 Å². The molecule has 2 heterocycles. The van der Waals surface area contributed by atoms with E-state index in [1.807, 2.05) is 44.2 Å². The normalized spacial score (nSPS) is 19.2. The Balaban J connectivity index is 1.76. The topological polar surface area (TPSA) is 53.9 Å². The van der Waals surface area contributed by atoms with Crippen molar-refractivity contribution in [1.29, 1.82) is 0 Å². The summed E-state index contributed by atoms with van der Waals surface area (Å²) < 4.78 is 46.5. The number of nitrogens with one attached hydrogen (secondary N) is 1. The third-order valence-corrected chi connectivity index (χ3v) is 6.51. The van der Waals surface area contributed by atoms with Gasteiger partial charge in [-0.2, -0.15) is 13.2 Å². The van der Waals surface area contributed by atoms with Crippen LogP contribution in [0.5, 0.6) is 5.75 Å². The van der Waals surface area contributed by atoms with Gasteiger partial charge in [0.25, 0.3) is 5.91 Å². The number of ether oxygens (including phenoxy) is 1. The van der Waals surface area contributed by atoms with Gasteiger partial charge in [-0.25, -0.2) is 0 Å². The van der Waals surface area contributed by atoms with Crippen LogP contribution >= 0.6 is 0 Å². The molecule has 37 heavy (non-hydrogen) atoms. The van der Waals surface area contributed by atoms with Gasteiger partial charge in [0.15, 0.2) is 0 Å². The van der Waals surface area contributed by atoms with Gasteiger partial charge in [0.05, 0.1) is 36.5 Å². The Bertz CT molecular complexity index is 1390. The number of halogens is 3. The molecule has 0 saturated carbocycles. The molecule has 5 nitrogen and oxygen atoms in total. The van der Waals surface area contributed by atoms with E-state index in [1.54, 1.807) is 37.4 Å². The summed E-state index contributed by atoms with van der Waals surface area (Å²) in [6, 6.07) is 20.6. The maximum atomic E-state index is 14.1. The molecular formula is C29H26F3N3O2. The van der Waals surface area contributed by atoms with Crippen molar-refractivity contribution in [3.8, 4) is 5.75 Å². The highest BCUT2D eigenvalue weighted by atomic mass is 19.4. The van der Waals surface area contributed by atoms with Gasteiger partial charge >= 0.3 is 6.18 Å². The number of methoxy groups -OCH3 is 1. The zero-order valence-corrected chi connectivity index (χ0v) is 20.6. The molecule has 1 amide bonds. The average Bonchev–Trinajstić information content (AvgIpc) is 3.06. The first-order valence-electron chi connectivity index (χ1n) is 11.9. The minimum Gasteiger partial charge on any atom is -0.497 e. The van der Waals surface area contributed by atoms with Crippen LogP contribution in [0.2, 0.25) is 0 Å². The molecule has 8 heteroatoms. The van der Waals surface area contributed by atoms with Crippen molar-refractivity contribution in [2.24, 2.45) is 4.99 Å². The van der Waals surface area contributed by atoms with Gasteiger partial charge in [-0.15, -0.1) is 0 Å². The lowest BCUT2D eigenvalue weighted by Gasteiger charge is -2.30. The van der Waals surface area contributed by atoms with E-state index < -0.39 is 23.3 Å². The molecule has 1 atom stereocenters. The van der Waals surface area contributed by atoms with Crippen LogP contribution in [-0.2, 0) is 11.0 Å². The fraction of sp³-hybridized carbons (Fsp3) is 0.241. The molecule has 3 aromatic rings. The maximum Gasteiger partial charge on any atom is 0.416 e. The zero-order chi connectivity index (χ0) is 26.4. The molecule has 0 radical (unpaired) electrons. The molecule has 2 aliphatic heterocycles. The molecular weight excluding hydrogens is 479 g/mol. The molecule has 0 spiro atoms. The number of hydrogen-bond donors (Lipinski definition) is 1. The van der Waals surface area contributed by atoms with Crippen LogP contribution in [-0.4, -0.2) is 30.8 Å². The molecule has 3 aromatic carbocycles. The molecule has 0 aromatic heterocycles. The lowest BCUT2D eigenvalue weighted by molar-refractivity contribution is -0.137. The molecule has 5 rings (SSSR count). The van der Waals surface area contributed by atoms with E-state index in [-0.39, 0.29) is 5.91 Å². The van der Waals surface area contributed by atoms with Gasteiger partial charge < -0.3 is 10.1 Å². The van der Waals surface area contributed by atoms with E-state index in [1.165, 1.54) is 11.0 Å². The Morgan fingerprint density at radius 3 is 2.35 bits per heavy atom. The number of aliphatic imine (C=N–C) groups is 1. The highest BCUT2D eigenvalue weighted by Gasteiger charge is 2.46. The Morgan fingerprint density at radius 2 is 1.70 bits per heavy atom.